The molecular weight excluding hydrogens is 220 g/mol. The van der Waals surface area contributed by atoms with Gasteiger partial charge in [0.2, 0.25) is 5.91 Å². The van der Waals surface area contributed by atoms with E-state index in [0.717, 1.165) is 6.54 Å². The van der Waals surface area contributed by atoms with Crippen molar-refractivity contribution in [2.75, 3.05) is 27.2 Å². The summed E-state index contributed by atoms with van der Waals surface area (Å²) in [5.74, 6) is -0.129. The Hall–Kier alpha value is -1.10. The molecular formula is C12H24N2O3. The molecule has 0 heterocycles. The monoisotopic (exact) mass is 244 g/mol. The van der Waals surface area contributed by atoms with E-state index in [0.29, 0.717) is 25.8 Å². The number of nitrogens with zero attached hydrogens (tertiary/aromatic N) is 1. The molecule has 0 aliphatic rings. The van der Waals surface area contributed by atoms with Crippen LogP contribution in [0.1, 0.15) is 33.1 Å². The Morgan fingerprint density at radius 1 is 1.41 bits per heavy atom. The molecule has 1 unspecified atom stereocenters. The van der Waals surface area contributed by atoms with Crippen molar-refractivity contribution in [1.29, 1.82) is 0 Å². The number of carbonyl (C=O) groups is 2. The third-order valence-corrected chi connectivity index (χ3v) is 2.56. The highest BCUT2D eigenvalue weighted by atomic mass is 16.5. The number of methoxy groups -OCH3 is 1. The van der Waals surface area contributed by atoms with Gasteiger partial charge in [-0.1, -0.05) is 6.92 Å². The molecule has 0 aliphatic carbocycles. The maximum absolute atomic E-state index is 11.7. The fraction of sp³-hybridized carbons (Fsp3) is 0.833. The summed E-state index contributed by atoms with van der Waals surface area (Å²) in [7, 11) is 3.13. The Balaban J connectivity index is 3.78. The molecule has 0 spiro atoms. The first-order chi connectivity index (χ1) is 8.01. The molecule has 0 aromatic heterocycles. The van der Waals surface area contributed by atoms with E-state index in [1.165, 1.54) is 7.11 Å². The number of carbonyl (C=O) groups excluding carboxylic acids is 2. The normalized spacial score (nSPS) is 12.0. The first-order valence-corrected chi connectivity index (χ1v) is 6.05. The number of nitrogens with one attached hydrogen (secondary N) is 1. The number of amides is 1. The molecule has 0 saturated carbocycles. The largest absolute Gasteiger partial charge is 0.469 e. The molecule has 0 aromatic carbocycles. The van der Waals surface area contributed by atoms with Crippen LogP contribution in [0.5, 0.6) is 0 Å². The van der Waals surface area contributed by atoms with Gasteiger partial charge < -0.3 is 15.0 Å². The molecule has 1 amide bonds. The summed E-state index contributed by atoms with van der Waals surface area (Å²) in [6.07, 6.45) is 1.49. The minimum atomic E-state index is -0.230. The van der Waals surface area contributed by atoms with Crippen LogP contribution in [0.4, 0.5) is 0 Å². The van der Waals surface area contributed by atoms with Crippen molar-refractivity contribution in [1.82, 2.24) is 10.2 Å². The van der Waals surface area contributed by atoms with Crippen LogP contribution >= 0.6 is 0 Å². The molecule has 1 N–H and O–H groups in total. The number of esters is 1. The van der Waals surface area contributed by atoms with Crippen molar-refractivity contribution in [2.24, 2.45) is 0 Å². The lowest BCUT2D eigenvalue weighted by Crippen LogP contribution is -2.35. The van der Waals surface area contributed by atoms with Gasteiger partial charge in [-0.2, -0.15) is 0 Å². The van der Waals surface area contributed by atoms with Crippen molar-refractivity contribution >= 4 is 11.9 Å². The van der Waals surface area contributed by atoms with Crippen LogP contribution in [0, 0.1) is 0 Å². The van der Waals surface area contributed by atoms with Crippen molar-refractivity contribution in [3.8, 4) is 0 Å². The van der Waals surface area contributed by atoms with Crippen LogP contribution in [-0.2, 0) is 14.3 Å². The second kappa shape index (κ2) is 8.98. The molecule has 0 rings (SSSR count). The van der Waals surface area contributed by atoms with Gasteiger partial charge in [0, 0.05) is 32.5 Å². The highest BCUT2D eigenvalue weighted by Gasteiger charge is 2.12. The zero-order valence-electron chi connectivity index (χ0n) is 11.3. The fourth-order valence-electron chi connectivity index (χ4n) is 1.53. The van der Waals surface area contributed by atoms with E-state index >= 15 is 0 Å². The second-order valence-corrected chi connectivity index (χ2v) is 4.16. The third kappa shape index (κ3) is 7.74. The van der Waals surface area contributed by atoms with Crippen molar-refractivity contribution in [2.45, 2.75) is 39.2 Å². The SMILES string of the molecule is CCNC(C)CC(=O)N(C)CCCC(=O)OC. The van der Waals surface area contributed by atoms with E-state index in [2.05, 4.69) is 10.1 Å². The van der Waals surface area contributed by atoms with Crippen molar-refractivity contribution in [3.63, 3.8) is 0 Å². The van der Waals surface area contributed by atoms with Gasteiger partial charge in [0.05, 0.1) is 7.11 Å². The van der Waals surface area contributed by atoms with Crippen LogP contribution in [-0.4, -0.2) is 50.1 Å². The number of hydrogen-bond donors (Lipinski definition) is 1. The van der Waals surface area contributed by atoms with Gasteiger partial charge in [0.1, 0.15) is 0 Å². The van der Waals surface area contributed by atoms with Crippen LogP contribution < -0.4 is 5.32 Å². The summed E-state index contributed by atoms with van der Waals surface area (Å²) in [6.45, 7) is 5.46. The molecule has 100 valence electrons. The van der Waals surface area contributed by atoms with Gasteiger partial charge in [0.25, 0.3) is 0 Å². The van der Waals surface area contributed by atoms with E-state index in [-0.39, 0.29) is 17.9 Å². The fourth-order valence-corrected chi connectivity index (χ4v) is 1.53. The van der Waals surface area contributed by atoms with E-state index < -0.39 is 0 Å². The minimum Gasteiger partial charge on any atom is -0.469 e. The predicted octanol–water partition coefficient (Wildman–Crippen LogP) is 0.786. The van der Waals surface area contributed by atoms with Crippen molar-refractivity contribution in [3.05, 3.63) is 0 Å². The van der Waals surface area contributed by atoms with Gasteiger partial charge >= 0.3 is 5.97 Å². The molecule has 0 fully saturated rings. The summed E-state index contributed by atoms with van der Waals surface area (Å²) >= 11 is 0. The zero-order chi connectivity index (χ0) is 13.3. The molecule has 0 aromatic rings. The third-order valence-electron chi connectivity index (χ3n) is 2.56. The Morgan fingerprint density at radius 3 is 2.59 bits per heavy atom. The Bertz CT molecular complexity index is 244. The lowest BCUT2D eigenvalue weighted by molar-refractivity contribution is -0.141. The zero-order valence-corrected chi connectivity index (χ0v) is 11.3. The first kappa shape index (κ1) is 15.9. The molecule has 0 saturated heterocycles. The van der Waals surface area contributed by atoms with Gasteiger partial charge in [0.15, 0.2) is 0 Å². The average molecular weight is 244 g/mol. The topological polar surface area (TPSA) is 58.6 Å². The maximum atomic E-state index is 11.7. The molecule has 0 aliphatic heterocycles. The summed E-state index contributed by atoms with van der Waals surface area (Å²) < 4.78 is 4.54. The number of ether oxygens (including phenoxy) is 1. The highest BCUT2D eigenvalue weighted by Crippen LogP contribution is 2.00. The smallest absolute Gasteiger partial charge is 0.305 e. The van der Waals surface area contributed by atoms with Gasteiger partial charge in [-0.15, -0.1) is 0 Å². The van der Waals surface area contributed by atoms with E-state index in [1.807, 2.05) is 13.8 Å². The molecule has 17 heavy (non-hydrogen) atoms. The first-order valence-electron chi connectivity index (χ1n) is 6.05. The molecule has 1 atom stereocenters. The van der Waals surface area contributed by atoms with Crippen LogP contribution in [0.15, 0.2) is 0 Å². The predicted molar refractivity (Wildman–Crippen MR) is 66.6 cm³/mol. The molecule has 0 radical (unpaired) electrons. The number of rotatable bonds is 8. The van der Waals surface area contributed by atoms with Gasteiger partial charge in [-0.25, -0.2) is 0 Å². The Morgan fingerprint density at radius 2 is 2.06 bits per heavy atom. The highest BCUT2D eigenvalue weighted by molar-refractivity contribution is 5.76. The maximum Gasteiger partial charge on any atom is 0.305 e. The molecule has 0 bridgehead atoms. The van der Waals surface area contributed by atoms with E-state index in [4.69, 9.17) is 0 Å². The molecule has 5 heteroatoms. The number of hydrogen-bond acceptors (Lipinski definition) is 4. The lowest BCUT2D eigenvalue weighted by atomic mass is 10.2. The standard InChI is InChI=1S/C12H24N2O3/c1-5-13-10(2)9-11(15)14(3)8-6-7-12(16)17-4/h10,13H,5-9H2,1-4H3. The second-order valence-electron chi connectivity index (χ2n) is 4.16. The lowest BCUT2D eigenvalue weighted by Gasteiger charge is -2.19. The average Bonchev–Trinajstić information content (AvgIpc) is 2.28. The molecule has 5 nitrogen and oxygen atoms in total. The van der Waals surface area contributed by atoms with E-state index in [9.17, 15) is 9.59 Å². The summed E-state index contributed by atoms with van der Waals surface area (Å²) in [6, 6.07) is 0.190. The quantitative estimate of drug-likeness (QED) is 0.641. The van der Waals surface area contributed by atoms with E-state index in [1.54, 1.807) is 11.9 Å². The van der Waals surface area contributed by atoms with Gasteiger partial charge in [-0.3, -0.25) is 9.59 Å². The van der Waals surface area contributed by atoms with Crippen LogP contribution in [0.3, 0.4) is 0 Å². The summed E-state index contributed by atoms with van der Waals surface area (Å²) in [5.41, 5.74) is 0. The summed E-state index contributed by atoms with van der Waals surface area (Å²) in [4.78, 5) is 24.3. The van der Waals surface area contributed by atoms with Crippen molar-refractivity contribution < 1.29 is 14.3 Å². The summed E-state index contributed by atoms with van der Waals surface area (Å²) in [5, 5.41) is 3.19. The Kier molecular flexibility index (Phi) is 8.40. The van der Waals surface area contributed by atoms with Crippen LogP contribution in [0.2, 0.25) is 0 Å². The van der Waals surface area contributed by atoms with Gasteiger partial charge in [-0.05, 0) is 19.9 Å². The van der Waals surface area contributed by atoms with Crippen LogP contribution in [0.25, 0.3) is 0 Å². The Labute approximate surface area is 103 Å². The minimum absolute atomic E-state index is 0.100.